The number of benzene rings is 2. The summed E-state index contributed by atoms with van der Waals surface area (Å²) >= 11 is 0. The molecule has 0 saturated heterocycles. The molecule has 2 aromatic carbocycles. The minimum Gasteiger partial charge on any atom is -0.493 e. The molecule has 3 heteroatoms. The zero-order valence-electron chi connectivity index (χ0n) is 12.8. The summed E-state index contributed by atoms with van der Waals surface area (Å²) in [6.07, 6.45) is 0.847. The van der Waals surface area contributed by atoms with Gasteiger partial charge in [-0.3, -0.25) is 0 Å². The molecule has 0 aliphatic rings. The molecule has 0 spiro atoms. The highest BCUT2D eigenvalue weighted by Crippen LogP contribution is 2.16. The van der Waals surface area contributed by atoms with E-state index in [2.05, 4.69) is 32.0 Å². The van der Waals surface area contributed by atoms with Crippen LogP contribution in [0.4, 0.5) is 0 Å². The number of rotatable bonds is 7. The molecule has 0 bridgehead atoms. The van der Waals surface area contributed by atoms with Crippen LogP contribution < -0.4 is 15.2 Å². The summed E-state index contributed by atoms with van der Waals surface area (Å²) in [5.41, 5.74) is 9.13. The predicted octanol–water partition coefficient (Wildman–Crippen LogP) is 3.61. The highest BCUT2D eigenvalue weighted by molar-refractivity contribution is 5.33. The van der Waals surface area contributed by atoms with E-state index >= 15 is 0 Å². The minimum absolute atomic E-state index is 0.535. The van der Waals surface area contributed by atoms with Gasteiger partial charge in [0.05, 0.1) is 13.2 Å². The standard InChI is InChI=1S/C18H23NO2/c1-14-9-15(2)11-18(10-14)21-8-4-7-20-17-6-3-5-16(12-17)13-19/h3,5-6,9-12H,4,7-8,13,19H2,1-2H3. The lowest BCUT2D eigenvalue weighted by Crippen LogP contribution is -2.05. The van der Waals surface area contributed by atoms with Gasteiger partial charge in [-0.1, -0.05) is 18.2 Å². The molecular weight excluding hydrogens is 262 g/mol. The molecule has 0 aliphatic heterocycles. The van der Waals surface area contributed by atoms with Crippen molar-refractivity contribution in [2.45, 2.75) is 26.8 Å². The van der Waals surface area contributed by atoms with Crippen LogP contribution >= 0.6 is 0 Å². The first-order valence-corrected chi connectivity index (χ1v) is 7.30. The number of hydrogen-bond acceptors (Lipinski definition) is 3. The average molecular weight is 285 g/mol. The van der Waals surface area contributed by atoms with Crippen molar-refractivity contribution in [3.8, 4) is 11.5 Å². The number of ether oxygens (including phenoxy) is 2. The second-order valence-electron chi connectivity index (χ2n) is 5.23. The molecule has 2 aromatic rings. The Hall–Kier alpha value is -2.00. The molecule has 0 amide bonds. The summed E-state index contributed by atoms with van der Waals surface area (Å²) in [5.74, 6) is 1.79. The smallest absolute Gasteiger partial charge is 0.119 e. The third-order valence-corrected chi connectivity index (χ3v) is 3.16. The van der Waals surface area contributed by atoms with Crippen LogP contribution in [0.5, 0.6) is 11.5 Å². The number of nitrogens with two attached hydrogens (primary N) is 1. The summed E-state index contributed by atoms with van der Waals surface area (Å²) in [7, 11) is 0. The molecule has 0 unspecified atom stereocenters. The van der Waals surface area contributed by atoms with Crippen molar-refractivity contribution in [3.63, 3.8) is 0 Å². The first-order chi connectivity index (χ1) is 10.2. The molecule has 0 fully saturated rings. The first kappa shape index (κ1) is 15.4. The summed E-state index contributed by atoms with van der Waals surface area (Å²) in [6, 6.07) is 14.1. The molecule has 2 N–H and O–H groups in total. The van der Waals surface area contributed by atoms with Gasteiger partial charge in [-0.2, -0.15) is 0 Å². The van der Waals surface area contributed by atoms with Gasteiger partial charge in [-0.05, 0) is 54.8 Å². The average Bonchev–Trinajstić information content (AvgIpc) is 2.46. The van der Waals surface area contributed by atoms with Gasteiger partial charge in [-0.15, -0.1) is 0 Å². The van der Waals surface area contributed by atoms with Crippen LogP contribution in [0.25, 0.3) is 0 Å². The van der Waals surface area contributed by atoms with E-state index in [1.54, 1.807) is 0 Å². The maximum absolute atomic E-state index is 5.75. The van der Waals surface area contributed by atoms with Crippen molar-refractivity contribution in [1.82, 2.24) is 0 Å². The van der Waals surface area contributed by atoms with Crippen molar-refractivity contribution >= 4 is 0 Å². The van der Waals surface area contributed by atoms with Crippen molar-refractivity contribution in [2.75, 3.05) is 13.2 Å². The third-order valence-electron chi connectivity index (χ3n) is 3.16. The van der Waals surface area contributed by atoms with Gasteiger partial charge in [0.1, 0.15) is 11.5 Å². The van der Waals surface area contributed by atoms with Gasteiger partial charge in [0.2, 0.25) is 0 Å². The lowest BCUT2D eigenvalue weighted by Gasteiger charge is -2.10. The molecule has 3 nitrogen and oxygen atoms in total. The molecular formula is C18H23NO2. The van der Waals surface area contributed by atoms with E-state index in [4.69, 9.17) is 15.2 Å². The van der Waals surface area contributed by atoms with Crippen molar-refractivity contribution < 1.29 is 9.47 Å². The normalized spacial score (nSPS) is 10.4. The van der Waals surface area contributed by atoms with Crippen LogP contribution in [0.15, 0.2) is 42.5 Å². The van der Waals surface area contributed by atoms with E-state index in [9.17, 15) is 0 Å². The minimum atomic E-state index is 0.535. The van der Waals surface area contributed by atoms with E-state index in [-0.39, 0.29) is 0 Å². The van der Waals surface area contributed by atoms with E-state index in [0.29, 0.717) is 19.8 Å². The Labute approximate surface area is 126 Å². The first-order valence-electron chi connectivity index (χ1n) is 7.30. The number of aryl methyl sites for hydroxylation is 2. The van der Waals surface area contributed by atoms with Crippen LogP contribution in [0, 0.1) is 13.8 Å². The maximum atomic E-state index is 5.75. The monoisotopic (exact) mass is 285 g/mol. The molecule has 0 aliphatic carbocycles. The van der Waals surface area contributed by atoms with Crippen molar-refractivity contribution in [1.29, 1.82) is 0 Å². The van der Waals surface area contributed by atoms with Gasteiger partial charge in [0.15, 0.2) is 0 Å². The molecule has 0 heterocycles. The Bertz CT molecular complexity index is 561. The van der Waals surface area contributed by atoms with E-state index in [1.165, 1.54) is 11.1 Å². The lowest BCUT2D eigenvalue weighted by molar-refractivity contribution is 0.247. The largest absolute Gasteiger partial charge is 0.493 e. The van der Waals surface area contributed by atoms with Gasteiger partial charge in [0.25, 0.3) is 0 Å². The fourth-order valence-electron chi connectivity index (χ4n) is 2.22. The molecule has 0 aromatic heterocycles. The Morgan fingerprint density at radius 3 is 2.19 bits per heavy atom. The summed E-state index contributed by atoms with van der Waals surface area (Å²) in [6.45, 7) is 5.98. The molecule has 21 heavy (non-hydrogen) atoms. The Morgan fingerprint density at radius 2 is 1.52 bits per heavy atom. The third kappa shape index (κ3) is 5.12. The van der Waals surface area contributed by atoms with Crippen LogP contribution in [-0.2, 0) is 6.54 Å². The van der Waals surface area contributed by atoms with Crippen LogP contribution in [0.2, 0.25) is 0 Å². The molecule has 112 valence electrons. The lowest BCUT2D eigenvalue weighted by atomic mass is 10.1. The van der Waals surface area contributed by atoms with E-state index in [0.717, 1.165) is 23.5 Å². The topological polar surface area (TPSA) is 44.5 Å². The SMILES string of the molecule is Cc1cc(C)cc(OCCCOc2cccc(CN)c2)c1. The Morgan fingerprint density at radius 1 is 0.857 bits per heavy atom. The molecule has 0 radical (unpaired) electrons. The van der Waals surface area contributed by atoms with Crippen LogP contribution in [0.3, 0.4) is 0 Å². The van der Waals surface area contributed by atoms with Gasteiger partial charge in [0, 0.05) is 13.0 Å². The maximum Gasteiger partial charge on any atom is 0.119 e. The van der Waals surface area contributed by atoms with Crippen molar-refractivity contribution in [2.24, 2.45) is 5.73 Å². The summed E-state index contributed by atoms with van der Waals surface area (Å²) < 4.78 is 11.4. The van der Waals surface area contributed by atoms with Crippen LogP contribution in [-0.4, -0.2) is 13.2 Å². The highest BCUT2D eigenvalue weighted by atomic mass is 16.5. The van der Waals surface area contributed by atoms with Gasteiger partial charge in [-0.25, -0.2) is 0 Å². The fraction of sp³-hybridized carbons (Fsp3) is 0.333. The fourth-order valence-corrected chi connectivity index (χ4v) is 2.22. The Balaban J connectivity index is 1.72. The summed E-state index contributed by atoms with van der Waals surface area (Å²) in [4.78, 5) is 0. The Kier molecular flexibility index (Phi) is 5.64. The zero-order chi connectivity index (χ0) is 15.1. The van der Waals surface area contributed by atoms with Crippen molar-refractivity contribution in [3.05, 3.63) is 59.2 Å². The highest BCUT2D eigenvalue weighted by Gasteiger charge is 1.98. The van der Waals surface area contributed by atoms with Crippen LogP contribution in [0.1, 0.15) is 23.1 Å². The second kappa shape index (κ2) is 7.70. The van der Waals surface area contributed by atoms with Gasteiger partial charge < -0.3 is 15.2 Å². The zero-order valence-corrected chi connectivity index (χ0v) is 12.8. The van der Waals surface area contributed by atoms with E-state index in [1.807, 2.05) is 24.3 Å². The quantitative estimate of drug-likeness (QED) is 0.790. The number of hydrogen-bond donors (Lipinski definition) is 1. The van der Waals surface area contributed by atoms with E-state index < -0.39 is 0 Å². The van der Waals surface area contributed by atoms with Gasteiger partial charge >= 0.3 is 0 Å². The molecule has 0 atom stereocenters. The second-order valence-corrected chi connectivity index (χ2v) is 5.23. The molecule has 2 rings (SSSR count). The summed E-state index contributed by atoms with van der Waals surface area (Å²) in [5, 5.41) is 0. The molecule has 0 saturated carbocycles. The predicted molar refractivity (Wildman–Crippen MR) is 85.9 cm³/mol.